The molecule has 2 saturated heterocycles. The van der Waals surface area contributed by atoms with E-state index >= 15 is 0 Å². The standard InChI is InChI=1S/C22H36N4O3.HI/c1-23-21(25-17-22(28-3)9-13-29-14-10-22)24-16-20(26-11-4-5-12-26)18-7-6-8-19(15-18)27-2;/h6-8,15,20H,4-5,9-14,16-17H2,1-3H3,(H2,23,24,25);1H. The Kier molecular flexibility index (Phi) is 10.6. The van der Waals surface area contributed by atoms with Crippen molar-refractivity contribution < 1.29 is 14.2 Å². The molecule has 1 atom stereocenters. The van der Waals surface area contributed by atoms with E-state index in [4.69, 9.17) is 14.2 Å². The lowest BCUT2D eigenvalue weighted by molar-refractivity contribution is -0.0855. The van der Waals surface area contributed by atoms with Gasteiger partial charge in [-0.25, -0.2) is 0 Å². The summed E-state index contributed by atoms with van der Waals surface area (Å²) in [5.74, 6) is 1.70. The van der Waals surface area contributed by atoms with Crippen LogP contribution in [0.25, 0.3) is 0 Å². The van der Waals surface area contributed by atoms with Gasteiger partial charge in [-0.05, 0) is 43.6 Å². The second-order valence-corrected chi connectivity index (χ2v) is 7.84. The van der Waals surface area contributed by atoms with Crippen LogP contribution < -0.4 is 15.4 Å². The highest BCUT2D eigenvalue weighted by Crippen LogP contribution is 2.27. The summed E-state index contributed by atoms with van der Waals surface area (Å²) in [6, 6.07) is 8.67. The van der Waals surface area contributed by atoms with E-state index in [0.29, 0.717) is 0 Å². The molecule has 1 aromatic carbocycles. The van der Waals surface area contributed by atoms with Gasteiger partial charge in [-0.15, -0.1) is 24.0 Å². The molecule has 2 aliphatic heterocycles. The van der Waals surface area contributed by atoms with Crippen LogP contribution in [0.15, 0.2) is 29.3 Å². The van der Waals surface area contributed by atoms with Gasteiger partial charge in [0, 0.05) is 53.3 Å². The minimum absolute atomic E-state index is 0. The van der Waals surface area contributed by atoms with E-state index in [1.54, 1.807) is 14.2 Å². The summed E-state index contributed by atoms with van der Waals surface area (Å²) < 4.78 is 16.8. The number of ether oxygens (including phenoxy) is 3. The maximum atomic E-state index is 5.83. The number of methoxy groups -OCH3 is 2. The van der Waals surface area contributed by atoms with Gasteiger partial charge in [0.2, 0.25) is 0 Å². The van der Waals surface area contributed by atoms with Crippen molar-refractivity contribution in [2.45, 2.75) is 37.3 Å². The molecule has 2 heterocycles. The second-order valence-electron chi connectivity index (χ2n) is 7.84. The minimum Gasteiger partial charge on any atom is -0.497 e. The SMILES string of the molecule is CN=C(NCC(c1cccc(OC)c1)N1CCCC1)NCC1(OC)CCOCC1.I. The lowest BCUT2D eigenvalue weighted by atomic mass is 9.94. The van der Waals surface area contributed by atoms with E-state index in [9.17, 15) is 0 Å². The van der Waals surface area contributed by atoms with E-state index in [1.807, 2.05) is 13.1 Å². The number of guanidine groups is 1. The van der Waals surface area contributed by atoms with Crippen LogP contribution in [0.2, 0.25) is 0 Å². The largest absolute Gasteiger partial charge is 0.497 e. The Morgan fingerprint density at radius 2 is 1.93 bits per heavy atom. The second kappa shape index (κ2) is 12.7. The smallest absolute Gasteiger partial charge is 0.191 e. The molecule has 170 valence electrons. The Bertz CT molecular complexity index is 662. The molecule has 0 aliphatic carbocycles. The van der Waals surface area contributed by atoms with Crippen LogP contribution in [0.1, 0.15) is 37.3 Å². The molecular formula is C22H37IN4O3. The maximum Gasteiger partial charge on any atom is 0.191 e. The monoisotopic (exact) mass is 532 g/mol. The van der Waals surface area contributed by atoms with E-state index in [-0.39, 0.29) is 35.6 Å². The zero-order valence-corrected chi connectivity index (χ0v) is 20.8. The molecule has 3 rings (SSSR count). The van der Waals surface area contributed by atoms with Crippen molar-refractivity contribution >= 4 is 29.9 Å². The first-order chi connectivity index (χ1) is 14.2. The quantitative estimate of drug-likeness (QED) is 0.305. The molecule has 1 aromatic rings. The number of aliphatic imine (C=N–C) groups is 1. The lowest BCUT2D eigenvalue weighted by Gasteiger charge is -2.36. The van der Waals surface area contributed by atoms with Crippen molar-refractivity contribution in [2.75, 3.05) is 60.7 Å². The fraction of sp³-hybridized carbons (Fsp3) is 0.682. The number of nitrogens with one attached hydrogen (secondary N) is 2. The Labute approximate surface area is 197 Å². The highest BCUT2D eigenvalue weighted by Gasteiger charge is 2.32. The zero-order valence-electron chi connectivity index (χ0n) is 18.5. The summed E-state index contributed by atoms with van der Waals surface area (Å²) in [5, 5.41) is 7.00. The van der Waals surface area contributed by atoms with E-state index in [0.717, 1.165) is 63.9 Å². The van der Waals surface area contributed by atoms with Crippen LogP contribution in [-0.4, -0.2) is 77.1 Å². The van der Waals surface area contributed by atoms with E-state index in [2.05, 4.69) is 38.7 Å². The van der Waals surface area contributed by atoms with Gasteiger partial charge in [0.05, 0.1) is 18.8 Å². The van der Waals surface area contributed by atoms with Crippen LogP contribution in [0.5, 0.6) is 5.75 Å². The summed E-state index contributed by atoms with van der Waals surface area (Å²) in [4.78, 5) is 6.97. The van der Waals surface area contributed by atoms with Crippen molar-refractivity contribution in [1.29, 1.82) is 0 Å². The van der Waals surface area contributed by atoms with Crippen molar-refractivity contribution in [3.63, 3.8) is 0 Å². The fourth-order valence-electron chi connectivity index (χ4n) is 4.22. The summed E-state index contributed by atoms with van der Waals surface area (Å²) >= 11 is 0. The predicted molar refractivity (Wildman–Crippen MR) is 131 cm³/mol. The first-order valence-electron chi connectivity index (χ1n) is 10.6. The van der Waals surface area contributed by atoms with Crippen LogP contribution in [0.3, 0.4) is 0 Å². The Morgan fingerprint density at radius 3 is 2.57 bits per heavy atom. The molecule has 8 heteroatoms. The lowest BCUT2D eigenvalue weighted by Crippen LogP contribution is -2.51. The Hall–Kier alpha value is -1.10. The Morgan fingerprint density at radius 1 is 1.20 bits per heavy atom. The first kappa shape index (κ1) is 25.2. The van der Waals surface area contributed by atoms with Crippen molar-refractivity contribution in [3.05, 3.63) is 29.8 Å². The average Bonchev–Trinajstić information content (AvgIpc) is 3.31. The first-order valence-corrected chi connectivity index (χ1v) is 10.6. The molecule has 0 amide bonds. The molecular weight excluding hydrogens is 495 g/mol. The van der Waals surface area contributed by atoms with Crippen LogP contribution in [0.4, 0.5) is 0 Å². The van der Waals surface area contributed by atoms with Gasteiger partial charge in [-0.1, -0.05) is 12.1 Å². The number of rotatable bonds is 8. The molecule has 0 aromatic heterocycles. The number of nitrogens with zero attached hydrogens (tertiary/aromatic N) is 2. The Balaban J connectivity index is 0.00000320. The molecule has 0 bridgehead atoms. The number of hydrogen-bond donors (Lipinski definition) is 2. The highest BCUT2D eigenvalue weighted by atomic mass is 127. The summed E-state index contributed by atoms with van der Waals surface area (Å²) in [6.07, 6.45) is 4.30. The molecule has 0 radical (unpaired) electrons. The van der Waals surface area contributed by atoms with Crippen LogP contribution >= 0.6 is 24.0 Å². The topological polar surface area (TPSA) is 67.4 Å². The van der Waals surface area contributed by atoms with Gasteiger partial charge in [0.25, 0.3) is 0 Å². The third-order valence-electron chi connectivity index (χ3n) is 6.16. The molecule has 7 nitrogen and oxygen atoms in total. The maximum absolute atomic E-state index is 5.83. The van der Waals surface area contributed by atoms with Crippen molar-refractivity contribution in [2.24, 2.45) is 4.99 Å². The molecule has 1 unspecified atom stereocenters. The number of likely N-dealkylation sites (tertiary alicyclic amines) is 1. The van der Waals surface area contributed by atoms with Gasteiger partial charge in [-0.3, -0.25) is 9.89 Å². The molecule has 0 saturated carbocycles. The summed E-state index contributed by atoms with van der Waals surface area (Å²) in [5.41, 5.74) is 1.09. The number of benzene rings is 1. The summed E-state index contributed by atoms with van der Waals surface area (Å²) in [7, 11) is 5.32. The number of halogens is 1. The van der Waals surface area contributed by atoms with E-state index < -0.39 is 0 Å². The predicted octanol–water partition coefficient (Wildman–Crippen LogP) is 2.81. The van der Waals surface area contributed by atoms with Gasteiger partial charge < -0.3 is 24.8 Å². The van der Waals surface area contributed by atoms with Gasteiger partial charge >= 0.3 is 0 Å². The third-order valence-corrected chi connectivity index (χ3v) is 6.16. The normalized spacial score (nSPS) is 20.3. The van der Waals surface area contributed by atoms with Gasteiger partial charge in [0.1, 0.15) is 5.75 Å². The van der Waals surface area contributed by atoms with Crippen LogP contribution in [-0.2, 0) is 9.47 Å². The third kappa shape index (κ3) is 6.70. The number of hydrogen-bond acceptors (Lipinski definition) is 5. The van der Waals surface area contributed by atoms with Gasteiger partial charge in [0.15, 0.2) is 5.96 Å². The van der Waals surface area contributed by atoms with E-state index in [1.165, 1.54) is 18.4 Å². The molecule has 2 N–H and O–H groups in total. The molecule has 2 fully saturated rings. The van der Waals surface area contributed by atoms with Gasteiger partial charge in [-0.2, -0.15) is 0 Å². The minimum atomic E-state index is -0.184. The molecule has 2 aliphatic rings. The van der Waals surface area contributed by atoms with Crippen molar-refractivity contribution in [3.8, 4) is 5.75 Å². The fourth-order valence-corrected chi connectivity index (χ4v) is 4.22. The van der Waals surface area contributed by atoms with Crippen molar-refractivity contribution in [1.82, 2.24) is 15.5 Å². The highest BCUT2D eigenvalue weighted by molar-refractivity contribution is 14.0. The zero-order chi connectivity index (χ0) is 20.5. The average molecular weight is 532 g/mol. The molecule has 0 spiro atoms. The van der Waals surface area contributed by atoms with Crippen LogP contribution in [0, 0.1) is 0 Å². The summed E-state index contributed by atoms with van der Waals surface area (Å²) in [6.45, 7) is 5.25. The molecule has 30 heavy (non-hydrogen) atoms.